The van der Waals surface area contributed by atoms with Gasteiger partial charge in [0, 0.05) is 6.04 Å². The highest BCUT2D eigenvalue weighted by atomic mass is 16.5. The lowest BCUT2D eigenvalue weighted by Crippen LogP contribution is -2.30. The van der Waals surface area contributed by atoms with E-state index in [1.165, 1.54) is 7.11 Å². The van der Waals surface area contributed by atoms with Crippen LogP contribution in [0.2, 0.25) is 0 Å². The molecule has 5 heteroatoms. The summed E-state index contributed by atoms with van der Waals surface area (Å²) in [5.74, 6) is 1.16. The van der Waals surface area contributed by atoms with Gasteiger partial charge in [-0.2, -0.15) is 0 Å². The Kier molecular flexibility index (Phi) is 6.15. The number of carbonyl (C=O) groups excluding carboxylic acids is 1. The first-order chi connectivity index (χ1) is 9.14. The normalized spacial score (nSPS) is 11.8. The van der Waals surface area contributed by atoms with E-state index in [1.54, 1.807) is 14.2 Å². The maximum atomic E-state index is 11.3. The Balaban J connectivity index is 2.77. The van der Waals surface area contributed by atoms with Crippen LogP contribution < -0.4 is 14.8 Å². The second-order valence-corrected chi connectivity index (χ2v) is 4.16. The molecule has 0 aromatic heterocycles. The zero-order valence-corrected chi connectivity index (χ0v) is 11.9. The van der Waals surface area contributed by atoms with Gasteiger partial charge in [-0.1, -0.05) is 6.07 Å². The summed E-state index contributed by atoms with van der Waals surface area (Å²) in [5, 5.41) is 3.11. The van der Waals surface area contributed by atoms with Crippen molar-refractivity contribution in [1.82, 2.24) is 5.32 Å². The van der Waals surface area contributed by atoms with Crippen LogP contribution in [0, 0.1) is 0 Å². The van der Waals surface area contributed by atoms with Gasteiger partial charge >= 0.3 is 5.97 Å². The molecule has 0 saturated heterocycles. The molecule has 0 fully saturated rings. The van der Waals surface area contributed by atoms with E-state index in [4.69, 9.17) is 9.47 Å². The molecule has 1 N–H and O–H groups in total. The molecule has 0 saturated carbocycles. The van der Waals surface area contributed by atoms with Gasteiger partial charge in [-0.25, -0.2) is 0 Å². The highest BCUT2D eigenvalue weighted by molar-refractivity contribution is 5.70. The zero-order chi connectivity index (χ0) is 14.3. The minimum Gasteiger partial charge on any atom is -0.493 e. The van der Waals surface area contributed by atoms with E-state index in [0.717, 1.165) is 5.56 Å². The molecule has 1 aromatic rings. The minimum atomic E-state index is -0.222. The van der Waals surface area contributed by atoms with Gasteiger partial charge in [0.25, 0.3) is 0 Å². The number of methoxy groups -OCH3 is 3. The number of likely N-dealkylation sites (N-methyl/N-ethyl adjacent to an activating group) is 1. The molecule has 0 aliphatic heterocycles. The van der Waals surface area contributed by atoms with E-state index < -0.39 is 0 Å². The van der Waals surface area contributed by atoms with Gasteiger partial charge in [-0.15, -0.1) is 0 Å². The molecule has 1 unspecified atom stereocenters. The largest absolute Gasteiger partial charge is 0.493 e. The molecule has 0 radical (unpaired) electrons. The summed E-state index contributed by atoms with van der Waals surface area (Å²) in [6, 6.07) is 5.77. The fourth-order valence-electron chi connectivity index (χ4n) is 1.85. The highest BCUT2D eigenvalue weighted by Crippen LogP contribution is 2.28. The van der Waals surface area contributed by atoms with Crippen molar-refractivity contribution in [2.75, 3.05) is 28.4 Å². The topological polar surface area (TPSA) is 56.8 Å². The molecule has 1 rings (SSSR count). The van der Waals surface area contributed by atoms with E-state index in [1.807, 2.05) is 25.2 Å². The quantitative estimate of drug-likeness (QED) is 0.757. The van der Waals surface area contributed by atoms with Crippen molar-refractivity contribution in [3.8, 4) is 11.5 Å². The molecule has 0 amide bonds. The van der Waals surface area contributed by atoms with Crippen LogP contribution in [0.1, 0.15) is 12.0 Å². The smallest absolute Gasteiger partial charge is 0.307 e. The Morgan fingerprint density at radius 1 is 1.21 bits per heavy atom. The second kappa shape index (κ2) is 7.63. The monoisotopic (exact) mass is 267 g/mol. The zero-order valence-electron chi connectivity index (χ0n) is 11.9. The Bertz CT molecular complexity index is 420. The third kappa shape index (κ3) is 4.44. The van der Waals surface area contributed by atoms with Crippen molar-refractivity contribution >= 4 is 5.97 Å². The fourth-order valence-corrected chi connectivity index (χ4v) is 1.85. The molecule has 19 heavy (non-hydrogen) atoms. The Labute approximate surface area is 113 Å². The van der Waals surface area contributed by atoms with Crippen LogP contribution >= 0.6 is 0 Å². The highest BCUT2D eigenvalue weighted by Gasteiger charge is 2.14. The number of benzene rings is 1. The number of carbonyl (C=O) groups is 1. The maximum Gasteiger partial charge on any atom is 0.307 e. The molecular formula is C14H21NO4. The maximum absolute atomic E-state index is 11.3. The summed E-state index contributed by atoms with van der Waals surface area (Å²) in [4.78, 5) is 11.3. The van der Waals surface area contributed by atoms with Crippen molar-refractivity contribution < 1.29 is 19.0 Å². The third-order valence-electron chi connectivity index (χ3n) is 2.98. The number of rotatable bonds is 7. The molecule has 0 heterocycles. The SMILES string of the molecule is CNC(CC(=O)OC)Cc1ccc(OC)c(OC)c1. The number of nitrogens with one attached hydrogen (secondary N) is 1. The number of hydrogen-bond acceptors (Lipinski definition) is 5. The summed E-state index contributed by atoms with van der Waals surface area (Å²) in [7, 11) is 6.43. The summed E-state index contributed by atoms with van der Waals surface area (Å²) < 4.78 is 15.1. The van der Waals surface area contributed by atoms with Crippen LogP contribution in [-0.4, -0.2) is 40.4 Å². The lowest BCUT2D eigenvalue weighted by molar-refractivity contribution is -0.141. The Hall–Kier alpha value is -1.75. The molecule has 0 bridgehead atoms. The molecular weight excluding hydrogens is 246 g/mol. The Morgan fingerprint density at radius 3 is 2.42 bits per heavy atom. The van der Waals surface area contributed by atoms with E-state index in [0.29, 0.717) is 24.3 Å². The lowest BCUT2D eigenvalue weighted by Gasteiger charge is -2.16. The summed E-state index contributed by atoms with van der Waals surface area (Å²) in [6.07, 6.45) is 1.05. The van der Waals surface area contributed by atoms with E-state index >= 15 is 0 Å². The third-order valence-corrected chi connectivity index (χ3v) is 2.98. The molecule has 5 nitrogen and oxygen atoms in total. The summed E-state index contributed by atoms with van der Waals surface area (Å²) in [6.45, 7) is 0. The number of hydrogen-bond donors (Lipinski definition) is 1. The minimum absolute atomic E-state index is 0.0329. The van der Waals surface area contributed by atoms with Crippen molar-refractivity contribution in [2.24, 2.45) is 0 Å². The van der Waals surface area contributed by atoms with E-state index in [9.17, 15) is 4.79 Å². The average molecular weight is 267 g/mol. The van der Waals surface area contributed by atoms with Crippen molar-refractivity contribution in [3.05, 3.63) is 23.8 Å². The van der Waals surface area contributed by atoms with Gasteiger partial charge in [0.05, 0.1) is 27.8 Å². The van der Waals surface area contributed by atoms with Gasteiger partial charge in [-0.05, 0) is 31.2 Å². The molecule has 0 aliphatic carbocycles. The van der Waals surface area contributed by atoms with Crippen molar-refractivity contribution in [3.63, 3.8) is 0 Å². The van der Waals surface area contributed by atoms with Gasteiger partial charge < -0.3 is 19.5 Å². The summed E-state index contributed by atoms with van der Waals surface area (Å²) >= 11 is 0. The van der Waals surface area contributed by atoms with Gasteiger partial charge in [0.15, 0.2) is 11.5 Å². The molecule has 1 aromatic carbocycles. The first kappa shape index (κ1) is 15.3. The predicted octanol–water partition coefficient (Wildman–Crippen LogP) is 1.40. The molecule has 0 spiro atoms. The summed E-state index contributed by atoms with van der Waals surface area (Å²) in [5.41, 5.74) is 1.07. The molecule has 106 valence electrons. The lowest BCUT2D eigenvalue weighted by atomic mass is 10.0. The van der Waals surface area contributed by atoms with Crippen molar-refractivity contribution in [1.29, 1.82) is 0 Å². The van der Waals surface area contributed by atoms with Crippen LogP contribution in [0.4, 0.5) is 0 Å². The molecule has 1 atom stereocenters. The van der Waals surface area contributed by atoms with Crippen LogP contribution in [0.25, 0.3) is 0 Å². The van der Waals surface area contributed by atoms with Crippen LogP contribution in [-0.2, 0) is 16.0 Å². The predicted molar refractivity (Wildman–Crippen MR) is 72.7 cm³/mol. The van der Waals surface area contributed by atoms with E-state index in [2.05, 4.69) is 10.1 Å². The van der Waals surface area contributed by atoms with E-state index in [-0.39, 0.29) is 12.0 Å². The van der Waals surface area contributed by atoms with Crippen molar-refractivity contribution in [2.45, 2.75) is 18.9 Å². The number of ether oxygens (including phenoxy) is 3. The average Bonchev–Trinajstić information content (AvgIpc) is 2.45. The van der Waals surface area contributed by atoms with Gasteiger partial charge in [0.1, 0.15) is 0 Å². The first-order valence-electron chi connectivity index (χ1n) is 6.09. The second-order valence-electron chi connectivity index (χ2n) is 4.16. The van der Waals surface area contributed by atoms with Crippen LogP contribution in [0.15, 0.2) is 18.2 Å². The van der Waals surface area contributed by atoms with Crippen LogP contribution in [0.3, 0.4) is 0 Å². The number of esters is 1. The first-order valence-corrected chi connectivity index (χ1v) is 6.09. The standard InChI is InChI=1S/C14H21NO4/c1-15-11(9-14(16)19-4)7-10-5-6-12(17-2)13(8-10)18-3/h5-6,8,11,15H,7,9H2,1-4H3. The molecule has 0 aliphatic rings. The fraction of sp³-hybridized carbons (Fsp3) is 0.500. The van der Waals surface area contributed by atoms with Gasteiger partial charge in [0.2, 0.25) is 0 Å². The Morgan fingerprint density at radius 2 is 1.89 bits per heavy atom. The van der Waals surface area contributed by atoms with Gasteiger partial charge in [-0.3, -0.25) is 4.79 Å². The van der Waals surface area contributed by atoms with Crippen LogP contribution in [0.5, 0.6) is 11.5 Å².